The Morgan fingerprint density at radius 3 is 2.69 bits per heavy atom. The highest BCUT2D eigenvalue weighted by atomic mass is 79.9. The number of halogens is 1. The Morgan fingerprint density at radius 1 is 1.19 bits per heavy atom. The fourth-order valence-electron chi connectivity index (χ4n) is 3.83. The third kappa shape index (κ3) is 4.45. The number of benzene rings is 2. The molecule has 5 nitrogen and oxygen atoms in total. The van der Waals surface area contributed by atoms with Gasteiger partial charge in [-0.2, -0.15) is 5.10 Å². The van der Waals surface area contributed by atoms with E-state index >= 15 is 0 Å². The van der Waals surface area contributed by atoms with Gasteiger partial charge in [0.25, 0.3) is 5.91 Å². The van der Waals surface area contributed by atoms with Crippen LogP contribution >= 0.6 is 39.9 Å². The molecule has 2 aliphatic heterocycles. The highest BCUT2D eigenvalue weighted by Gasteiger charge is 2.35. The van der Waals surface area contributed by atoms with Crippen molar-refractivity contribution < 1.29 is 9.53 Å². The number of aromatic nitrogens is 2. The number of nitrogens with zero attached hydrogens (tertiary/aromatic N) is 3. The summed E-state index contributed by atoms with van der Waals surface area (Å²) in [6, 6.07) is 17.9. The minimum absolute atomic E-state index is 0.0651. The third-order valence-corrected chi connectivity index (χ3v) is 7.36. The van der Waals surface area contributed by atoms with Crippen molar-refractivity contribution >= 4 is 56.2 Å². The molecule has 2 aromatic carbocycles. The van der Waals surface area contributed by atoms with E-state index in [1.54, 1.807) is 4.90 Å². The molecule has 1 aromatic heterocycles. The fourth-order valence-corrected chi connectivity index (χ4v) is 5.36. The molecule has 0 bridgehead atoms. The van der Waals surface area contributed by atoms with Crippen molar-refractivity contribution in [3.8, 4) is 16.9 Å². The second kappa shape index (κ2) is 9.31. The highest BCUT2D eigenvalue weighted by molar-refractivity contribution is 9.10. The summed E-state index contributed by atoms with van der Waals surface area (Å²) in [5, 5.41) is 4.84. The molecule has 0 radical (unpaired) electrons. The molecule has 2 aliphatic rings. The van der Waals surface area contributed by atoms with Crippen LogP contribution in [-0.2, 0) is 9.53 Å². The maximum atomic E-state index is 13.1. The third-order valence-electron chi connectivity index (χ3n) is 5.45. The van der Waals surface area contributed by atoms with Crippen LogP contribution in [0.25, 0.3) is 23.0 Å². The van der Waals surface area contributed by atoms with Gasteiger partial charge in [0.2, 0.25) is 0 Å². The number of amides is 1. The van der Waals surface area contributed by atoms with Crippen LogP contribution in [0.1, 0.15) is 18.4 Å². The average molecular weight is 526 g/mol. The molecule has 1 amide bonds. The van der Waals surface area contributed by atoms with Gasteiger partial charge in [-0.15, -0.1) is 0 Å². The molecular weight excluding hydrogens is 506 g/mol. The first kappa shape index (κ1) is 21.6. The Bertz CT molecular complexity index is 1190. The van der Waals surface area contributed by atoms with Gasteiger partial charge in [0.05, 0.1) is 28.9 Å². The van der Waals surface area contributed by atoms with Gasteiger partial charge >= 0.3 is 0 Å². The molecule has 32 heavy (non-hydrogen) atoms. The van der Waals surface area contributed by atoms with Gasteiger partial charge in [0.15, 0.2) is 0 Å². The number of thiocarbonyl (C=S) groups is 1. The zero-order valence-corrected chi connectivity index (χ0v) is 20.3. The van der Waals surface area contributed by atoms with Gasteiger partial charge in [-0.25, -0.2) is 4.68 Å². The summed E-state index contributed by atoms with van der Waals surface area (Å²) in [7, 11) is 0. The van der Waals surface area contributed by atoms with Crippen molar-refractivity contribution in [2.75, 3.05) is 13.2 Å². The van der Waals surface area contributed by atoms with E-state index in [4.69, 9.17) is 22.1 Å². The van der Waals surface area contributed by atoms with Gasteiger partial charge in [-0.1, -0.05) is 70.2 Å². The van der Waals surface area contributed by atoms with Gasteiger partial charge in [-0.05, 0) is 43.2 Å². The largest absolute Gasteiger partial charge is 0.376 e. The lowest BCUT2D eigenvalue weighted by molar-refractivity contribution is -0.123. The molecule has 2 fully saturated rings. The monoisotopic (exact) mass is 525 g/mol. The number of carbonyl (C=O) groups excluding carboxylic acids is 1. The molecule has 2 saturated heterocycles. The Balaban J connectivity index is 1.51. The van der Waals surface area contributed by atoms with Crippen molar-refractivity contribution in [1.82, 2.24) is 14.7 Å². The summed E-state index contributed by atoms with van der Waals surface area (Å²) >= 11 is 10.3. The molecular formula is C24H20BrN3O2S2. The lowest BCUT2D eigenvalue weighted by Gasteiger charge is -2.18. The number of ether oxygens (including phenoxy) is 1. The average Bonchev–Trinajstić information content (AvgIpc) is 3.53. The lowest BCUT2D eigenvalue weighted by Crippen LogP contribution is -2.35. The van der Waals surface area contributed by atoms with Gasteiger partial charge < -0.3 is 4.74 Å². The minimum atomic E-state index is -0.0651. The van der Waals surface area contributed by atoms with Crippen LogP contribution in [0.15, 0.2) is 70.2 Å². The molecule has 0 spiro atoms. The number of thioether (sulfide) groups is 1. The minimum Gasteiger partial charge on any atom is -0.376 e. The number of hydrogen-bond donors (Lipinski definition) is 0. The molecule has 162 valence electrons. The molecule has 1 atom stereocenters. The van der Waals surface area contributed by atoms with Crippen LogP contribution in [0.2, 0.25) is 0 Å². The Hall–Kier alpha value is -2.26. The molecule has 0 N–H and O–H groups in total. The van der Waals surface area contributed by atoms with E-state index in [1.807, 2.05) is 71.6 Å². The molecule has 0 unspecified atom stereocenters. The summed E-state index contributed by atoms with van der Waals surface area (Å²) in [5.41, 5.74) is 3.61. The number of hydrogen-bond acceptors (Lipinski definition) is 5. The Labute approximate surface area is 204 Å². The number of rotatable bonds is 5. The second-order valence-electron chi connectivity index (χ2n) is 7.65. The summed E-state index contributed by atoms with van der Waals surface area (Å²) in [6.45, 7) is 1.27. The van der Waals surface area contributed by atoms with Crippen LogP contribution in [0, 0.1) is 0 Å². The summed E-state index contributed by atoms with van der Waals surface area (Å²) in [4.78, 5) is 15.4. The second-order valence-corrected chi connectivity index (χ2v) is 10.2. The van der Waals surface area contributed by atoms with Crippen LogP contribution in [0.3, 0.4) is 0 Å². The van der Waals surface area contributed by atoms with E-state index in [2.05, 4.69) is 15.9 Å². The van der Waals surface area contributed by atoms with Crippen molar-refractivity contribution in [1.29, 1.82) is 0 Å². The van der Waals surface area contributed by atoms with Gasteiger partial charge in [-0.3, -0.25) is 9.69 Å². The molecule has 5 rings (SSSR count). The molecule has 8 heteroatoms. The van der Waals surface area contributed by atoms with E-state index in [0.29, 0.717) is 15.8 Å². The predicted octanol–water partition coefficient (Wildman–Crippen LogP) is 5.68. The van der Waals surface area contributed by atoms with E-state index in [1.165, 1.54) is 11.8 Å². The first-order chi connectivity index (χ1) is 15.6. The van der Waals surface area contributed by atoms with Crippen molar-refractivity contribution in [2.45, 2.75) is 18.9 Å². The van der Waals surface area contributed by atoms with E-state index in [9.17, 15) is 4.79 Å². The SMILES string of the molecule is O=C1/C(=C\c2cn(-c3ccccc3)nc2-c2ccc(Br)cc2)SC(=S)N1C[C@H]1CCCO1. The predicted molar refractivity (Wildman–Crippen MR) is 136 cm³/mol. The van der Waals surface area contributed by atoms with Gasteiger partial charge in [0, 0.05) is 28.4 Å². The summed E-state index contributed by atoms with van der Waals surface area (Å²) in [5.74, 6) is -0.0651. The smallest absolute Gasteiger partial charge is 0.266 e. The van der Waals surface area contributed by atoms with Crippen molar-refractivity contribution in [2.24, 2.45) is 0 Å². The van der Waals surface area contributed by atoms with E-state index in [0.717, 1.165) is 46.4 Å². The molecule has 3 heterocycles. The zero-order chi connectivity index (χ0) is 22.1. The van der Waals surface area contributed by atoms with Crippen LogP contribution in [-0.4, -0.2) is 44.2 Å². The normalized spacial score (nSPS) is 20.0. The number of carbonyl (C=O) groups is 1. The van der Waals surface area contributed by atoms with Crippen LogP contribution in [0.5, 0.6) is 0 Å². The highest BCUT2D eigenvalue weighted by Crippen LogP contribution is 2.35. The first-order valence-corrected chi connectivity index (χ1v) is 12.4. The van der Waals surface area contributed by atoms with E-state index in [-0.39, 0.29) is 12.0 Å². The Kier molecular flexibility index (Phi) is 6.28. The molecule has 0 saturated carbocycles. The van der Waals surface area contributed by atoms with Crippen molar-refractivity contribution in [3.05, 3.63) is 75.7 Å². The van der Waals surface area contributed by atoms with Crippen LogP contribution in [0.4, 0.5) is 0 Å². The number of para-hydroxylation sites is 1. The Morgan fingerprint density at radius 2 is 1.97 bits per heavy atom. The summed E-state index contributed by atoms with van der Waals surface area (Å²) < 4.78 is 9.13. The first-order valence-electron chi connectivity index (χ1n) is 10.4. The van der Waals surface area contributed by atoms with E-state index < -0.39 is 0 Å². The van der Waals surface area contributed by atoms with Crippen molar-refractivity contribution in [3.63, 3.8) is 0 Å². The molecule has 0 aliphatic carbocycles. The maximum Gasteiger partial charge on any atom is 0.266 e. The quantitative estimate of drug-likeness (QED) is 0.316. The topological polar surface area (TPSA) is 47.4 Å². The van der Waals surface area contributed by atoms with Gasteiger partial charge in [0.1, 0.15) is 4.32 Å². The summed E-state index contributed by atoms with van der Waals surface area (Å²) in [6.07, 6.45) is 5.92. The zero-order valence-electron chi connectivity index (χ0n) is 17.1. The fraction of sp³-hybridized carbons (Fsp3) is 0.208. The van der Waals surface area contributed by atoms with Crippen LogP contribution < -0.4 is 0 Å². The molecule has 3 aromatic rings. The standard InChI is InChI=1S/C24H20BrN3O2S2/c25-18-10-8-16(9-11-18)22-17(14-28(26-22)19-5-2-1-3-6-19)13-21-23(29)27(24(31)32-21)15-20-7-4-12-30-20/h1-3,5-6,8-11,13-14,20H,4,7,12,15H2/b21-13+/t20-/m1/s1. The maximum absolute atomic E-state index is 13.1. The lowest BCUT2D eigenvalue weighted by atomic mass is 10.1.